The molecule has 0 aromatic heterocycles. The van der Waals surface area contributed by atoms with Crippen molar-refractivity contribution < 1.29 is 14.7 Å². The molecule has 14 heavy (non-hydrogen) atoms. The number of carboxylic acid groups (broad SMARTS) is 1. The molecule has 1 N–H and O–H groups in total. The van der Waals surface area contributed by atoms with Crippen LogP contribution < -0.4 is 0 Å². The maximum atomic E-state index is 10.9. The van der Waals surface area contributed by atoms with Crippen LogP contribution in [0.5, 0.6) is 0 Å². The van der Waals surface area contributed by atoms with Crippen molar-refractivity contribution in [3.63, 3.8) is 0 Å². The molecule has 0 amide bonds. The summed E-state index contributed by atoms with van der Waals surface area (Å²) in [4.78, 5) is 21.4. The fraction of sp³-hybridized carbons (Fsp3) is 0.200. The number of rotatable bonds is 3. The van der Waals surface area contributed by atoms with Crippen molar-refractivity contribution in [2.24, 2.45) is 0 Å². The normalized spacial score (nSPS) is 9.86. The van der Waals surface area contributed by atoms with E-state index in [9.17, 15) is 9.59 Å². The van der Waals surface area contributed by atoms with E-state index in [4.69, 9.17) is 5.11 Å². The third-order valence-electron chi connectivity index (χ3n) is 1.88. The van der Waals surface area contributed by atoms with Crippen LogP contribution >= 0.6 is 12.6 Å². The lowest BCUT2D eigenvalue weighted by Gasteiger charge is -2.03. The van der Waals surface area contributed by atoms with Crippen LogP contribution in [0.2, 0.25) is 0 Å². The maximum Gasteiger partial charge on any atom is 0.307 e. The highest BCUT2D eigenvalue weighted by Crippen LogP contribution is 2.13. The molecule has 0 spiro atoms. The highest BCUT2D eigenvalue weighted by molar-refractivity contribution is 7.97. The Bertz CT molecular complexity index is 385. The second-order valence-electron chi connectivity index (χ2n) is 3.02. The van der Waals surface area contributed by atoms with Crippen LogP contribution in [0.3, 0.4) is 0 Å². The number of carbonyl (C=O) groups is 2. The molecule has 0 heterocycles. The van der Waals surface area contributed by atoms with Crippen molar-refractivity contribution in [1.82, 2.24) is 0 Å². The Morgan fingerprint density at radius 1 is 1.43 bits per heavy atom. The number of aryl methyl sites for hydroxylation is 1. The second-order valence-corrected chi connectivity index (χ2v) is 3.43. The summed E-state index contributed by atoms with van der Waals surface area (Å²) in [5.41, 5.74) is 1.96. The number of carboxylic acids is 1. The summed E-state index contributed by atoms with van der Waals surface area (Å²) in [7, 11) is 0. The summed E-state index contributed by atoms with van der Waals surface area (Å²) in [6.07, 6.45) is -0.0259. The fourth-order valence-corrected chi connectivity index (χ4v) is 1.50. The first kappa shape index (κ1) is 10.8. The SMILES string of the molecule is Cc1cc(CC(=O)O)ccc1C(=O)S. The van der Waals surface area contributed by atoms with Crippen molar-refractivity contribution in [3.05, 3.63) is 34.9 Å². The van der Waals surface area contributed by atoms with Gasteiger partial charge in [0.05, 0.1) is 6.42 Å². The zero-order valence-corrected chi connectivity index (χ0v) is 8.54. The molecule has 0 aliphatic carbocycles. The summed E-state index contributed by atoms with van der Waals surface area (Å²) in [6.45, 7) is 1.76. The maximum absolute atomic E-state index is 10.9. The van der Waals surface area contributed by atoms with E-state index in [-0.39, 0.29) is 11.5 Å². The third kappa shape index (κ3) is 2.60. The molecule has 0 aliphatic heterocycles. The summed E-state index contributed by atoms with van der Waals surface area (Å²) in [6, 6.07) is 4.92. The van der Waals surface area contributed by atoms with Crippen molar-refractivity contribution in [1.29, 1.82) is 0 Å². The van der Waals surface area contributed by atoms with Gasteiger partial charge in [0, 0.05) is 5.56 Å². The molecule has 1 aromatic rings. The number of thiol groups is 1. The molecule has 0 bridgehead atoms. The van der Waals surface area contributed by atoms with Gasteiger partial charge >= 0.3 is 5.97 Å². The highest BCUT2D eigenvalue weighted by Gasteiger charge is 2.06. The summed E-state index contributed by atoms with van der Waals surface area (Å²) >= 11 is 3.71. The van der Waals surface area contributed by atoms with Gasteiger partial charge in [-0.1, -0.05) is 12.1 Å². The van der Waals surface area contributed by atoms with Crippen molar-refractivity contribution in [2.75, 3.05) is 0 Å². The minimum absolute atomic E-state index is 0.0259. The zero-order valence-electron chi connectivity index (χ0n) is 7.65. The van der Waals surface area contributed by atoms with Gasteiger partial charge in [-0.3, -0.25) is 9.59 Å². The molecule has 4 heteroatoms. The molecule has 3 nitrogen and oxygen atoms in total. The second kappa shape index (κ2) is 4.28. The first-order valence-corrected chi connectivity index (χ1v) is 4.50. The number of benzene rings is 1. The minimum Gasteiger partial charge on any atom is -0.481 e. The Labute approximate surface area is 87.2 Å². The standard InChI is InChI=1S/C10H10O3S/c1-6-4-7(5-9(11)12)2-3-8(6)10(13)14/h2-4H,5H2,1H3,(H,11,12)(H,13,14). The number of hydrogen-bond donors (Lipinski definition) is 2. The van der Waals surface area contributed by atoms with E-state index in [1.807, 2.05) is 0 Å². The smallest absolute Gasteiger partial charge is 0.307 e. The lowest BCUT2D eigenvalue weighted by molar-refractivity contribution is -0.136. The van der Waals surface area contributed by atoms with Crippen LogP contribution in [-0.2, 0) is 11.2 Å². The van der Waals surface area contributed by atoms with Gasteiger partial charge in [-0.05, 0) is 24.1 Å². The molecule has 74 valence electrons. The predicted molar refractivity (Wildman–Crippen MR) is 55.8 cm³/mol. The van der Waals surface area contributed by atoms with Crippen molar-refractivity contribution in [2.45, 2.75) is 13.3 Å². The van der Waals surface area contributed by atoms with Gasteiger partial charge in [0.2, 0.25) is 5.12 Å². The molecular weight excluding hydrogens is 200 g/mol. The number of carbonyl (C=O) groups excluding carboxylic acids is 1. The van der Waals surface area contributed by atoms with Gasteiger partial charge in [0.25, 0.3) is 0 Å². The average molecular weight is 210 g/mol. The summed E-state index contributed by atoms with van der Waals surface area (Å²) in [5.74, 6) is -0.880. The molecule has 0 aliphatic rings. The van der Waals surface area contributed by atoms with Gasteiger partial charge in [-0.25, -0.2) is 0 Å². The first-order valence-electron chi connectivity index (χ1n) is 4.05. The molecule has 1 rings (SSSR count). The highest BCUT2D eigenvalue weighted by atomic mass is 32.1. The molecule has 0 fully saturated rings. The van der Waals surface area contributed by atoms with E-state index >= 15 is 0 Å². The van der Waals surface area contributed by atoms with E-state index in [0.717, 1.165) is 5.56 Å². The van der Waals surface area contributed by atoms with Crippen LogP contribution in [-0.4, -0.2) is 16.2 Å². The predicted octanol–water partition coefficient (Wildman–Crippen LogP) is 1.69. The van der Waals surface area contributed by atoms with Crippen molar-refractivity contribution >= 4 is 23.7 Å². The summed E-state index contributed by atoms with van der Waals surface area (Å²) < 4.78 is 0. The molecule has 0 saturated heterocycles. The fourth-order valence-electron chi connectivity index (χ4n) is 1.25. The topological polar surface area (TPSA) is 54.4 Å². The van der Waals surface area contributed by atoms with E-state index in [1.165, 1.54) is 0 Å². The molecule has 0 atom stereocenters. The molecule has 0 radical (unpaired) electrons. The van der Waals surface area contributed by atoms with Gasteiger partial charge in [0.1, 0.15) is 0 Å². The molecular formula is C10H10O3S. The van der Waals surface area contributed by atoms with Crippen LogP contribution in [0.15, 0.2) is 18.2 Å². The Morgan fingerprint density at radius 3 is 2.50 bits per heavy atom. The van der Waals surface area contributed by atoms with Crippen molar-refractivity contribution in [3.8, 4) is 0 Å². The average Bonchev–Trinajstić information content (AvgIpc) is 2.01. The van der Waals surface area contributed by atoms with Crippen LogP contribution in [0.1, 0.15) is 21.5 Å². The third-order valence-corrected chi connectivity index (χ3v) is 2.12. The monoisotopic (exact) mass is 210 g/mol. The Balaban J connectivity index is 3.00. The molecule has 0 unspecified atom stereocenters. The molecule has 0 saturated carbocycles. The van der Waals surface area contributed by atoms with E-state index in [2.05, 4.69) is 12.6 Å². The zero-order chi connectivity index (χ0) is 10.7. The largest absolute Gasteiger partial charge is 0.481 e. The number of aliphatic carboxylic acids is 1. The minimum atomic E-state index is -0.880. The summed E-state index contributed by atoms with van der Waals surface area (Å²) in [5, 5.41) is 8.25. The Kier molecular flexibility index (Phi) is 3.30. The van der Waals surface area contributed by atoms with Crippen LogP contribution in [0.25, 0.3) is 0 Å². The lowest BCUT2D eigenvalue weighted by Crippen LogP contribution is -2.02. The van der Waals surface area contributed by atoms with Crippen LogP contribution in [0.4, 0.5) is 0 Å². The quantitative estimate of drug-likeness (QED) is 0.746. The van der Waals surface area contributed by atoms with E-state index in [0.29, 0.717) is 11.1 Å². The van der Waals surface area contributed by atoms with Gasteiger partial charge in [-0.15, -0.1) is 12.6 Å². The Hall–Kier alpha value is -1.29. The van der Waals surface area contributed by atoms with Gasteiger partial charge in [0.15, 0.2) is 0 Å². The van der Waals surface area contributed by atoms with Gasteiger partial charge in [-0.2, -0.15) is 0 Å². The Morgan fingerprint density at radius 2 is 2.07 bits per heavy atom. The van der Waals surface area contributed by atoms with E-state index in [1.54, 1.807) is 25.1 Å². The molecule has 1 aromatic carbocycles. The van der Waals surface area contributed by atoms with Gasteiger partial charge < -0.3 is 5.11 Å². The lowest BCUT2D eigenvalue weighted by atomic mass is 10.0. The van der Waals surface area contributed by atoms with Crippen LogP contribution in [0, 0.1) is 6.92 Å². The first-order chi connectivity index (χ1) is 6.50. The number of hydrogen-bond acceptors (Lipinski definition) is 2. The van der Waals surface area contributed by atoms with E-state index < -0.39 is 5.97 Å².